The monoisotopic (exact) mass is 648 g/mol. The predicted molar refractivity (Wildman–Crippen MR) is 180 cm³/mol. The standard InChI is InChI=1S/C36H35Cl3N2O3/c37-27-12-13-28(34(44)22-27)24-11-14-32(42)29(21-24)36(26-8-3-7-25(20-26)33(43)19-23-5-1-2-6-23)41-17-15-40(16-18-41)31-10-4-9-30(38)35(31)39/h3-4,7-14,20-23,36,42,44H,1-2,5-6,15-19H2. The van der Waals surface area contributed by atoms with Crippen LogP contribution < -0.4 is 4.90 Å². The third-order valence-electron chi connectivity index (χ3n) is 9.02. The number of ketones is 1. The number of rotatable bonds is 8. The Morgan fingerprint density at radius 3 is 2.32 bits per heavy atom. The van der Waals surface area contributed by atoms with Crippen LogP contribution in [0.1, 0.15) is 59.6 Å². The van der Waals surface area contributed by atoms with Gasteiger partial charge in [0, 0.05) is 54.3 Å². The first kappa shape index (κ1) is 30.8. The minimum absolute atomic E-state index is 0.0669. The van der Waals surface area contributed by atoms with Crippen molar-refractivity contribution in [2.24, 2.45) is 5.92 Å². The summed E-state index contributed by atoms with van der Waals surface area (Å²) in [5, 5.41) is 23.5. The second kappa shape index (κ2) is 13.4. The highest BCUT2D eigenvalue weighted by molar-refractivity contribution is 6.43. The van der Waals surface area contributed by atoms with E-state index in [9.17, 15) is 15.0 Å². The molecule has 5 nitrogen and oxygen atoms in total. The summed E-state index contributed by atoms with van der Waals surface area (Å²) >= 11 is 19.0. The van der Waals surface area contributed by atoms with E-state index in [0.29, 0.717) is 70.3 Å². The molecule has 2 N–H and O–H groups in total. The van der Waals surface area contributed by atoms with Crippen molar-refractivity contribution in [2.45, 2.75) is 38.1 Å². The molecule has 1 heterocycles. The maximum absolute atomic E-state index is 13.4. The number of benzene rings is 4. The van der Waals surface area contributed by atoms with Gasteiger partial charge in [-0.3, -0.25) is 9.69 Å². The molecule has 0 radical (unpaired) electrons. The third-order valence-corrected chi connectivity index (χ3v) is 10.1. The Morgan fingerprint density at radius 1 is 0.818 bits per heavy atom. The number of phenols is 2. The normalized spacial score (nSPS) is 16.8. The summed E-state index contributed by atoms with van der Waals surface area (Å²) in [6.07, 6.45) is 5.21. The second-order valence-electron chi connectivity index (χ2n) is 11.8. The SMILES string of the molecule is O=C(CC1CCCC1)c1cccc(C(c2cc(-c3ccc(Cl)cc3O)ccc2O)N2CCN(c3cccc(Cl)c3Cl)CC2)c1. The van der Waals surface area contributed by atoms with Gasteiger partial charge in [-0.25, -0.2) is 0 Å². The molecule has 0 spiro atoms. The van der Waals surface area contributed by atoms with Gasteiger partial charge in [-0.1, -0.05) is 90.8 Å². The second-order valence-corrected chi connectivity index (χ2v) is 13.1. The molecule has 0 amide bonds. The molecule has 228 valence electrons. The van der Waals surface area contributed by atoms with Crippen LogP contribution in [0, 0.1) is 5.92 Å². The largest absolute Gasteiger partial charge is 0.508 e. The Labute approximate surface area is 273 Å². The third kappa shape index (κ3) is 6.57. The molecule has 0 bridgehead atoms. The molecule has 0 aromatic heterocycles. The van der Waals surface area contributed by atoms with E-state index in [1.54, 1.807) is 30.3 Å². The summed E-state index contributed by atoms with van der Waals surface area (Å²) in [5.74, 6) is 0.843. The van der Waals surface area contributed by atoms with Crippen LogP contribution >= 0.6 is 34.8 Å². The van der Waals surface area contributed by atoms with Crippen molar-refractivity contribution in [1.82, 2.24) is 4.90 Å². The fourth-order valence-corrected chi connectivity index (χ4v) is 7.29. The number of hydrogen-bond acceptors (Lipinski definition) is 5. The van der Waals surface area contributed by atoms with Crippen molar-refractivity contribution in [3.63, 3.8) is 0 Å². The first-order chi connectivity index (χ1) is 21.3. The van der Waals surface area contributed by atoms with Gasteiger partial charge in [0.15, 0.2) is 5.78 Å². The molecule has 44 heavy (non-hydrogen) atoms. The van der Waals surface area contributed by atoms with Crippen LogP contribution in [0.15, 0.2) is 78.9 Å². The maximum Gasteiger partial charge on any atom is 0.163 e. The van der Waals surface area contributed by atoms with Crippen LogP contribution in [0.4, 0.5) is 5.69 Å². The minimum Gasteiger partial charge on any atom is -0.508 e. The summed E-state index contributed by atoms with van der Waals surface area (Å²) in [5.41, 5.74) is 4.62. The van der Waals surface area contributed by atoms with Crippen molar-refractivity contribution in [3.8, 4) is 22.6 Å². The Balaban J connectivity index is 1.36. The van der Waals surface area contributed by atoms with Crippen LogP contribution in [0.25, 0.3) is 11.1 Å². The smallest absolute Gasteiger partial charge is 0.163 e. The summed E-state index contributed by atoms with van der Waals surface area (Å²) in [7, 11) is 0. The molecule has 6 rings (SSSR count). The molecule has 2 aliphatic rings. The molecule has 1 aliphatic heterocycles. The lowest BCUT2D eigenvalue weighted by Crippen LogP contribution is -2.48. The number of piperazine rings is 1. The number of anilines is 1. The number of halogens is 3. The van der Waals surface area contributed by atoms with E-state index in [1.165, 1.54) is 18.9 Å². The predicted octanol–water partition coefficient (Wildman–Crippen LogP) is 9.40. The number of Topliss-reactive ketones (excluding diaryl/α,β-unsaturated/α-hetero) is 1. The Hall–Kier alpha value is -3.22. The van der Waals surface area contributed by atoms with Gasteiger partial charge in [-0.15, -0.1) is 0 Å². The summed E-state index contributed by atoms with van der Waals surface area (Å²) in [6.45, 7) is 2.78. The average Bonchev–Trinajstić information content (AvgIpc) is 3.53. The van der Waals surface area contributed by atoms with Crippen molar-refractivity contribution >= 4 is 46.3 Å². The van der Waals surface area contributed by atoms with Crippen LogP contribution in [-0.4, -0.2) is 47.1 Å². The van der Waals surface area contributed by atoms with Crippen LogP contribution in [-0.2, 0) is 0 Å². The average molecular weight is 650 g/mol. The summed E-state index contributed by atoms with van der Waals surface area (Å²) in [4.78, 5) is 17.9. The van der Waals surface area contributed by atoms with Crippen molar-refractivity contribution in [3.05, 3.63) is 111 Å². The molecule has 1 atom stereocenters. The van der Waals surface area contributed by atoms with Gasteiger partial charge < -0.3 is 15.1 Å². The van der Waals surface area contributed by atoms with Crippen LogP contribution in [0.2, 0.25) is 15.1 Å². The topological polar surface area (TPSA) is 64.0 Å². The number of carbonyl (C=O) groups excluding carboxylic acids is 1. The first-order valence-electron chi connectivity index (χ1n) is 15.2. The molecular formula is C36H35Cl3N2O3. The van der Waals surface area contributed by atoms with E-state index in [0.717, 1.165) is 29.7 Å². The van der Waals surface area contributed by atoms with Crippen LogP contribution in [0.5, 0.6) is 11.5 Å². The minimum atomic E-state index is -0.333. The lowest BCUT2D eigenvalue weighted by atomic mass is 9.90. The van der Waals surface area contributed by atoms with Gasteiger partial charge in [0.25, 0.3) is 0 Å². The zero-order valence-electron chi connectivity index (χ0n) is 24.4. The molecule has 1 saturated carbocycles. The van der Waals surface area contributed by atoms with E-state index in [4.69, 9.17) is 34.8 Å². The van der Waals surface area contributed by atoms with E-state index in [-0.39, 0.29) is 23.3 Å². The number of hydrogen-bond donors (Lipinski definition) is 2. The Bertz CT molecular complexity index is 1660. The van der Waals surface area contributed by atoms with Gasteiger partial charge in [0.2, 0.25) is 0 Å². The highest BCUT2D eigenvalue weighted by Crippen LogP contribution is 2.41. The van der Waals surface area contributed by atoms with Gasteiger partial charge in [0.1, 0.15) is 11.5 Å². The van der Waals surface area contributed by atoms with Gasteiger partial charge in [-0.05, 0) is 65.6 Å². The van der Waals surface area contributed by atoms with Crippen molar-refractivity contribution in [1.29, 1.82) is 0 Å². The molecule has 8 heteroatoms. The van der Waals surface area contributed by atoms with E-state index in [2.05, 4.69) is 9.80 Å². The number of aromatic hydroxyl groups is 2. The molecule has 1 unspecified atom stereocenters. The zero-order chi connectivity index (χ0) is 30.8. The fourth-order valence-electron chi connectivity index (χ4n) is 6.71. The van der Waals surface area contributed by atoms with Crippen molar-refractivity contribution in [2.75, 3.05) is 31.1 Å². The van der Waals surface area contributed by atoms with E-state index < -0.39 is 0 Å². The maximum atomic E-state index is 13.4. The quantitative estimate of drug-likeness (QED) is 0.186. The zero-order valence-corrected chi connectivity index (χ0v) is 26.6. The molecule has 2 fully saturated rings. The molecular weight excluding hydrogens is 615 g/mol. The van der Waals surface area contributed by atoms with E-state index in [1.807, 2.05) is 42.5 Å². The summed E-state index contributed by atoms with van der Waals surface area (Å²) < 4.78 is 0. The lowest BCUT2D eigenvalue weighted by Gasteiger charge is -2.41. The molecule has 1 aliphatic carbocycles. The first-order valence-corrected chi connectivity index (χ1v) is 16.3. The number of phenolic OH excluding ortho intramolecular Hbond substituents is 2. The van der Waals surface area contributed by atoms with Crippen LogP contribution in [0.3, 0.4) is 0 Å². The number of carbonyl (C=O) groups is 1. The van der Waals surface area contributed by atoms with Gasteiger partial charge in [-0.2, -0.15) is 0 Å². The van der Waals surface area contributed by atoms with Gasteiger partial charge in [0.05, 0.1) is 21.8 Å². The highest BCUT2D eigenvalue weighted by atomic mass is 35.5. The molecule has 1 saturated heterocycles. The Kier molecular flexibility index (Phi) is 9.39. The van der Waals surface area contributed by atoms with E-state index >= 15 is 0 Å². The highest BCUT2D eigenvalue weighted by Gasteiger charge is 2.30. The lowest BCUT2D eigenvalue weighted by molar-refractivity contribution is 0.0962. The molecule has 4 aromatic rings. The summed E-state index contributed by atoms with van der Waals surface area (Å²) in [6, 6.07) is 23.6. The number of nitrogens with zero attached hydrogens (tertiary/aromatic N) is 2. The fraction of sp³-hybridized carbons (Fsp3) is 0.306. The Morgan fingerprint density at radius 2 is 1.57 bits per heavy atom. The van der Waals surface area contributed by atoms with Gasteiger partial charge >= 0.3 is 0 Å². The van der Waals surface area contributed by atoms with Crippen molar-refractivity contribution < 1.29 is 15.0 Å². The molecule has 4 aromatic carbocycles.